The van der Waals surface area contributed by atoms with Crippen molar-refractivity contribution in [3.8, 4) is 0 Å². The molecule has 0 spiro atoms. The molecule has 0 atom stereocenters. The number of ether oxygens (including phenoxy) is 1. The number of nitrogens with zero attached hydrogens (tertiary/aromatic N) is 2. The Hall–Kier alpha value is -1.91. The minimum atomic E-state index is -0.489. The lowest BCUT2D eigenvalue weighted by atomic mass is 10.1. The Balaban J connectivity index is 2.14. The fourth-order valence-corrected chi connectivity index (χ4v) is 2.84. The lowest BCUT2D eigenvalue weighted by molar-refractivity contribution is 0.0285. The number of hydrogen-bond acceptors (Lipinski definition) is 4. The van der Waals surface area contributed by atoms with Crippen LogP contribution in [0.2, 0.25) is 0 Å². The van der Waals surface area contributed by atoms with Crippen molar-refractivity contribution in [3.63, 3.8) is 0 Å². The Kier molecular flexibility index (Phi) is 5.39. The summed E-state index contributed by atoms with van der Waals surface area (Å²) in [4.78, 5) is 16.2. The van der Waals surface area contributed by atoms with Gasteiger partial charge in [0.1, 0.15) is 5.60 Å². The maximum atomic E-state index is 12.2. The minimum absolute atomic E-state index is 0.315. The number of nitrogens with two attached hydrogens (primary N) is 1. The van der Waals surface area contributed by atoms with Crippen LogP contribution in [0, 0.1) is 0 Å². The molecule has 2 N–H and O–H groups in total. The SMILES string of the molecule is CN(Cc1cc(N)ccc1N1CCCCC1)C(=O)OC(C)(C)C. The highest BCUT2D eigenvalue weighted by Gasteiger charge is 2.21. The zero-order chi connectivity index (χ0) is 17.0. The Morgan fingerprint density at radius 3 is 2.52 bits per heavy atom. The smallest absolute Gasteiger partial charge is 0.410 e. The summed E-state index contributed by atoms with van der Waals surface area (Å²) >= 11 is 0. The van der Waals surface area contributed by atoms with Crippen LogP contribution in [0.3, 0.4) is 0 Å². The van der Waals surface area contributed by atoms with Gasteiger partial charge in [0.25, 0.3) is 0 Å². The van der Waals surface area contributed by atoms with Gasteiger partial charge < -0.3 is 20.3 Å². The maximum absolute atomic E-state index is 12.2. The third-order valence-electron chi connectivity index (χ3n) is 3.91. The van der Waals surface area contributed by atoms with E-state index in [0.717, 1.165) is 24.3 Å². The van der Waals surface area contributed by atoms with Gasteiger partial charge in [-0.1, -0.05) is 0 Å². The second-order valence-electron chi connectivity index (χ2n) is 7.27. The number of carbonyl (C=O) groups excluding carboxylic acids is 1. The summed E-state index contributed by atoms with van der Waals surface area (Å²) in [7, 11) is 1.76. The van der Waals surface area contributed by atoms with Crippen LogP contribution >= 0.6 is 0 Å². The molecule has 5 heteroatoms. The zero-order valence-corrected chi connectivity index (χ0v) is 14.8. The molecule has 1 heterocycles. The molecule has 1 aromatic carbocycles. The van der Waals surface area contributed by atoms with E-state index in [1.165, 1.54) is 24.9 Å². The van der Waals surface area contributed by atoms with Crippen molar-refractivity contribution in [1.29, 1.82) is 0 Å². The number of hydrogen-bond donors (Lipinski definition) is 1. The molecule has 1 aliphatic rings. The van der Waals surface area contributed by atoms with Crippen LogP contribution in [-0.2, 0) is 11.3 Å². The van der Waals surface area contributed by atoms with Gasteiger partial charge in [-0.25, -0.2) is 4.79 Å². The molecule has 23 heavy (non-hydrogen) atoms. The van der Waals surface area contributed by atoms with E-state index in [-0.39, 0.29) is 6.09 Å². The monoisotopic (exact) mass is 319 g/mol. The largest absolute Gasteiger partial charge is 0.444 e. The number of benzene rings is 1. The lowest BCUT2D eigenvalue weighted by Crippen LogP contribution is -2.35. The normalized spacial score (nSPS) is 15.4. The fourth-order valence-electron chi connectivity index (χ4n) is 2.84. The van der Waals surface area contributed by atoms with Crippen LogP contribution in [0.15, 0.2) is 18.2 Å². The van der Waals surface area contributed by atoms with Crippen LogP contribution in [0.1, 0.15) is 45.6 Å². The van der Waals surface area contributed by atoms with Crippen molar-refractivity contribution in [2.75, 3.05) is 30.8 Å². The molecule has 1 aliphatic heterocycles. The molecule has 1 fully saturated rings. The van der Waals surface area contributed by atoms with E-state index < -0.39 is 5.60 Å². The summed E-state index contributed by atoms with van der Waals surface area (Å²) in [5.74, 6) is 0. The van der Waals surface area contributed by atoms with Crippen molar-refractivity contribution in [3.05, 3.63) is 23.8 Å². The van der Waals surface area contributed by atoms with Gasteiger partial charge in [0.2, 0.25) is 0 Å². The van der Waals surface area contributed by atoms with Gasteiger partial charge in [0.15, 0.2) is 0 Å². The minimum Gasteiger partial charge on any atom is -0.444 e. The summed E-state index contributed by atoms with van der Waals surface area (Å²) in [5, 5.41) is 0. The van der Waals surface area contributed by atoms with Gasteiger partial charge in [-0.15, -0.1) is 0 Å². The molecule has 2 rings (SSSR count). The van der Waals surface area contributed by atoms with Crippen LogP contribution in [-0.4, -0.2) is 36.7 Å². The predicted octanol–water partition coefficient (Wildman–Crippen LogP) is 3.63. The van der Waals surface area contributed by atoms with E-state index in [9.17, 15) is 4.79 Å². The number of amides is 1. The second kappa shape index (κ2) is 7.11. The van der Waals surface area contributed by atoms with Crippen LogP contribution in [0.25, 0.3) is 0 Å². The van der Waals surface area contributed by atoms with Gasteiger partial charge in [0.05, 0.1) is 6.54 Å². The number of rotatable bonds is 3. The number of piperidine rings is 1. The molecule has 0 aromatic heterocycles. The highest BCUT2D eigenvalue weighted by molar-refractivity contribution is 5.69. The van der Waals surface area contributed by atoms with Gasteiger partial charge in [0, 0.05) is 31.5 Å². The maximum Gasteiger partial charge on any atom is 0.410 e. The van der Waals surface area contributed by atoms with Crippen LogP contribution in [0.5, 0.6) is 0 Å². The molecule has 0 bridgehead atoms. The summed E-state index contributed by atoms with van der Waals surface area (Å²) < 4.78 is 5.43. The zero-order valence-electron chi connectivity index (χ0n) is 14.8. The highest BCUT2D eigenvalue weighted by atomic mass is 16.6. The first-order valence-electron chi connectivity index (χ1n) is 8.34. The van der Waals surface area contributed by atoms with Crippen molar-refractivity contribution < 1.29 is 9.53 Å². The highest BCUT2D eigenvalue weighted by Crippen LogP contribution is 2.27. The number of anilines is 2. The predicted molar refractivity (Wildman–Crippen MR) is 94.6 cm³/mol. The molecule has 1 amide bonds. The summed E-state index contributed by atoms with van der Waals surface area (Å²) in [6.45, 7) is 8.24. The molecule has 1 saturated heterocycles. The molecule has 0 saturated carbocycles. The van der Waals surface area contributed by atoms with Crippen molar-refractivity contribution >= 4 is 17.5 Å². The van der Waals surface area contributed by atoms with Gasteiger partial charge in [-0.05, 0) is 63.8 Å². The Morgan fingerprint density at radius 1 is 1.26 bits per heavy atom. The Bertz CT molecular complexity index is 546. The topological polar surface area (TPSA) is 58.8 Å². The first kappa shape index (κ1) is 17.4. The first-order chi connectivity index (χ1) is 10.8. The standard InChI is InChI=1S/C18H29N3O2/c1-18(2,3)23-17(22)20(4)13-14-12-15(19)8-9-16(14)21-10-6-5-7-11-21/h8-9,12H,5-7,10-11,13,19H2,1-4H3. The average Bonchev–Trinajstić information content (AvgIpc) is 2.46. The van der Waals surface area contributed by atoms with E-state index in [1.54, 1.807) is 11.9 Å². The Morgan fingerprint density at radius 2 is 1.91 bits per heavy atom. The van der Waals surface area contributed by atoms with Gasteiger partial charge >= 0.3 is 6.09 Å². The van der Waals surface area contributed by atoms with Crippen molar-refractivity contribution in [1.82, 2.24) is 4.90 Å². The third kappa shape index (κ3) is 5.05. The molecule has 128 valence electrons. The van der Waals surface area contributed by atoms with Crippen molar-refractivity contribution in [2.24, 2.45) is 0 Å². The fraction of sp³-hybridized carbons (Fsp3) is 0.611. The van der Waals surface area contributed by atoms with Crippen LogP contribution in [0.4, 0.5) is 16.2 Å². The number of nitrogen functional groups attached to an aromatic ring is 1. The summed E-state index contributed by atoms with van der Waals surface area (Å²) in [6.07, 6.45) is 3.40. The first-order valence-corrected chi connectivity index (χ1v) is 8.34. The van der Waals surface area contributed by atoms with Crippen LogP contribution < -0.4 is 10.6 Å². The lowest BCUT2D eigenvalue weighted by Gasteiger charge is -2.32. The molecule has 5 nitrogen and oxygen atoms in total. The quantitative estimate of drug-likeness (QED) is 0.864. The van der Waals surface area contributed by atoms with Gasteiger partial charge in [-0.2, -0.15) is 0 Å². The van der Waals surface area contributed by atoms with Crippen molar-refractivity contribution in [2.45, 2.75) is 52.2 Å². The van der Waals surface area contributed by atoms with E-state index in [1.807, 2.05) is 32.9 Å². The molecule has 1 aromatic rings. The average molecular weight is 319 g/mol. The molecule has 0 radical (unpaired) electrons. The van der Waals surface area contributed by atoms with Gasteiger partial charge in [-0.3, -0.25) is 0 Å². The molecular formula is C18H29N3O2. The summed E-state index contributed by atoms with van der Waals surface area (Å²) in [5.41, 5.74) is 8.43. The Labute approximate surface area is 139 Å². The van der Waals surface area contributed by atoms with E-state index >= 15 is 0 Å². The summed E-state index contributed by atoms with van der Waals surface area (Å²) in [6, 6.07) is 5.96. The molecule has 0 aliphatic carbocycles. The van der Waals surface area contributed by atoms with E-state index in [4.69, 9.17) is 10.5 Å². The molecular weight excluding hydrogens is 290 g/mol. The van der Waals surface area contributed by atoms with E-state index in [2.05, 4.69) is 11.0 Å². The third-order valence-corrected chi connectivity index (χ3v) is 3.91. The second-order valence-corrected chi connectivity index (χ2v) is 7.27. The molecule has 0 unspecified atom stereocenters. The van der Waals surface area contributed by atoms with E-state index in [0.29, 0.717) is 6.54 Å². The number of carbonyl (C=O) groups is 1.